The average Bonchev–Trinajstić information content (AvgIpc) is 2.65. The van der Waals surface area contributed by atoms with Gasteiger partial charge in [0.1, 0.15) is 0 Å². The third-order valence-corrected chi connectivity index (χ3v) is 4.67. The minimum Gasteiger partial charge on any atom is -0.265 e. The number of rotatable bonds is 2. The molecule has 2 rings (SSSR count). The summed E-state index contributed by atoms with van der Waals surface area (Å²) in [5.41, 5.74) is 3.60. The Hall–Kier alpha value is -1.30. The van der Waals surface area contributed by atoms with Crippen molar-refractivity contribution in [3.63, 3.8) is 0 Å². The zero-order valence-electron chi connectivity index (χ0n) is 11.9. The van der Waals surface area contributed by atoms with Gasteiger partial charge in [-0.25, -0.2) is 0 Å². The Morgan fingerprint density at radius 3 is 2.56 bits per heavy atom. The lowest BCUT2D eigenvalue weighted by molar-refractivity contribution is 0.201. The lowest BCUT2D eigenvalue weighted by Crippen LogP contribution is -2.28. The van der Waals surface area contributed by atoms with Crippen LogP contribution in [0.4, 0.5) is 0 Å². The second kappa shape index (κ2) is 5.14. The molecule has 0 aliphatic heterocycles. The molecular weight excluding hydrogens is 222 g/mol. The van der Waals surface area contributed by atoms with Gasteiger partial charge in [-0.15, -0.1) is 0 Å². The highest BCUT2D eigenvalue weighted by atomic mass is 15.3. The third-order valence-electron chi connectivity index (χ3n) is 4.67. The monoisotopic (exact) mass is 245 g/mol. The zero-order chi connectivity index (χ0) is 13.3. The molecule has 3 unspecified atom stereocenters. The molecule has 3 atom stereocenters. The Labute approximate surface area is 110 Å². The summed E-state index contributed by atoms with van der Waals surface area (Å²) in [4.78, 5) is 0. The first-order valence-corrected chi connectivity index (χ1v) is 7.00. The maximum absolute atomic E-state index is 9.36. The van der Waals surface area contributed by atoms with Crippen molar-refractivity contribution < 1.29 is 0 Å². The molecular formula is C15H23N3. The second-order valence-electron chi connectivity index (χ2n) is 5.63. The summed E-state index contributed by atoms with van der Waals surface area (Å²) in [5, 5.41) is 14.0. The summed E-state index contributed by atoms with van der Waals surface area (Å²) in [7, 11) is 0. The molecule has 0 radical (unpaired) electrons. The van der Waals surface area contributed by atoms with E-state index < -0.39 is 0 Å². The molecule has 0 spiro atoms. The Morgan fingerprint density at radius 1 is 1.33 bits per heavy atom. The SMILES string of the molecule is CCC1CCC(C#N)C(n2nc(C)c(C)c2C)C1. The molecule has 3 heteroatoms. The second-order valence-corrected chi connectivity index (χ2v) is 5.63. The molecule has 1 saturated carbocycles. The fourth-order valence-electron chi connectivity index (χ4n) is 3.09. The first-order chi connectivity index (χ1) is 8.58. The van der Waals surface area contributed by atoms with E-state index in [0.717, 1.165) is 24.5 Å². The quantitative estimate of drug-likeness (QED) is 0.797. The summed E-state index contributed by atoms with van der Waals surface area (Å²) in [6.07, 6.45) is 4.55. The van der Waals surface area contributed by atoms with Crippen molar-refractivity contribution in [3.8, 4) is 6.07 Å². The van der Waals surface area contributed by atoms with E-state index in [9.17, 15) is 5.26 Å². The standard InChI is InChI=1S/C15H23N3/c1-5-13-6-7-14(9-16)15(8-13)18-12(4)10(2)11(3)17-18/h13-15H,5-8H2,1-4H3. The molecule has 1 aromatic rings. The average molecular weight is 245 g/mol. The van der Waals surface area contributed by atoms with Crippen LogP contribution in [0.5, 0.6) is 0 Å². The summed E-state index contributed by atoms with van der Waals surface area (Å²) in [5.74, 6) is 0.883. The number of aromatic nitrogens is 2. The largest absolute Gasteiger partial charge is 0.265 e. The summed E-state index contributed by atoms with van der Waals surface area (Å²) < 4.78 is 2.13. The Balaban J connectivity index is 2.33. The number of hydrogen-bond donors (Lipinski definition) is 0. The minimum atomic E-state index is 0.130. The van der Waals surface area contributed by atoms with Gasteiger partial charge in [-0.05, 0) is 51.5 Å². The molecule has 98 valence electrons. The first-order valence-electron chi connectivity index (χ1n) is 7.00. The lowest BCUT2D eigenvalue weighted by Gasteiger charge is -2.33. The van der Waals surface area contributed by atoms with E-state index in [4.69, 9.17) is 0 Å². The van der Waals surface area contributed by atoms with E-state index in [1.165, 1.54) is 24.1 Å². The van der Waals surface area contributed by atoms with Crippen LogP contribution in [-0.4, -0.2) is 9.78 Å². The molecule has 18 heavy (non-hydrogen) atoms. The van der Waals surface area contributed by atoms with Crippen LogP contribution in [0.15, 0.2) is 0 Å². The van der Waals surface area contributed by atoms with Crippen LogP contribution in [0, 0.1) is 43.9 Å². The molecule has 1 fully saturated rings. The first kappa shape index (κ1) is 13.1. The number of nitriles is 1. The van der Waals surface area contributed by atoms with Crippen molar-refractivity contribution in [1.82, 2.24) is 9.78 Å². The maximum atomic E-state index is 9.36. The van der Waals surface area contributed by atoms with E-state index in [2.05, 4.69) is 43.5 Å². The minimum absolute atomic E-state index is 0.130. The lowest BCUT2D eigenvalue weighted by atomic mass is 9.78. The van der Waals surface area contributed by atoms with E-state index in [0.29, 0.717) is 0 Å². The zero-order valence-corrected chi connectivity index (χ0v) is 11.9. The van der Waals surface area contributed by atoms with Gasteiger partial charge in [0.2, 0.25) is 0 Å². The number of aryl methyl sites for hydroxylation is 1. The fourth-order valence-corrected chi connectivity index (χ4v) is 3.09. The van der Waals surface area contributed by atoms with Gasteiger partial charge in [-0.1, -0.05) is 13.3 Å². The molecule has 3 nitrogen and oxygen atoms in total. The van der Waals surface area contributed by atoms with Crippen LogP contribution >= 0.6 is 0 Å². The maximum Gasteiger partial charge on any atom is 0.0688 e. The number of nitrogens with zero attached hydrogens (tertiary/aromatic N) is 3. The van der Waals surface area contributed by atoms with Crippen molar-refractivity contribution in [1.29, 1.82) is 5.26 Å². The highest BCUT2D eigenvalue weighted by Gasteiger charge is 2.32. The molecule has 0 N–H and O–H groups in total. The Bertz CT molecular complexity index is 467. The normalized spacial score (nSPS) is 28.1. The van der Waals surface area contributed by atoms with Gasteiger partial charge < -0.3 is 0 Å². The number of hydrogen-bond acceptors (Lipinski definition) is 2. The van der Waals surface area contributed by atoms with Gasteiger partial charge in [0.05, 0.1) is 23.7 Å². The van der Waals surface area contributed by atoms with Gasteiger partial charge >= 0.3 is 0 Å². The highest BCUT2D eigenvalue weighted by Crippen LogP contribution is 2.39. The molecule has 1 aliphatic rings. The molecule has 1 aliphatic carbocycles. The van der Waals surface area contributed by atoms with Gasteiger partial charge in [0.25, 0.3) is 0 Å². The topological polar surface area (TPSA) is 41.6 Å². The summed E-state index contributed by atoms with van der Waals surface area (Å²) in [6.45, 7) is 8.55. The molecule has 0 aromatic carbocycles. The third kappa shape index (κ3) is 2.16. The molecule has 1 aromatic heterocycles. The Morgan fingerprint density at radius 2 is 2.06 bits per heavy atom. The predicted octanol–water partition coefficient (Wildman–Crippen LogP) is 3.70. The van der Waals surface area contributed by atoms with Crippen LogP contribution in [0.3, 0.4) is 0 Å². The molecule has 0 saturated heterocycles. The van der Waals surface area contributed by atoms with E-state index in [1.54, 1.807) is 0 Å². The molecule has 1 heterocycles. The van der Waals surface area contributed by atoms with Crippen LogP contribution < -0.4 is 0 Å². The van der Waals surface area contributed by atoms with Crippen molar-refractivity contribution in [3.05, 3.63) is 17.0 Å². The van der Waals surface area contributed by atoms with Crippen LogP contribution in [0.2, 0.25) is 0 Å². The fraction of sp³-hybridized carbons (Fsp3) is 0.733. The van der Waals surface area contributed by atoms with Crippen molar-refractivity contribution in [2.24, 2.45) is 11.8 Å². The molecule has 0 amide bonds. The highest BCUT2D eigenvalue weighted by molar-refractivity contribution is 5.23. The predicted molar refractivity (Wildman–Crippen MR) is 72.2 cm³/mol. The Kier molecular flexibility index (Phi) is 3.75. The van der Waals surface area contributed by atoms with Crippen LogP contribution in [0.25, 0.3) is 0 Å². The van der Waals surface area contributed by atoms with E-state index in [1.807, 2.05) is 0 Å². The van der Waals surface area contributed by atoms with E-state index >= 15 is 0 Å². The van der Waals surface area contributed by atoms with Crippen LogP contribution in [0.1, 0.15) is 55.6 Å². The van der Waals surface area contributed by atoms with Crippen molar-refractivity contribution in [2.45, 2.75) is 59.4 Å². The van der Waals surface area contributed by atoms with Crippen molar-refractivity contribution in [2.75, 3.05) is 0 Å². The smallest absolute Gasteiger partial charge is 0.0688 e. The van der Waals surface area contributed by atoms with Gasteiger partial charge in [0.15, 0.2) is 0 Å². The summed E-state index contributed by atoms with van der Waals surface area (Å²) >= 11 is 0. The molecule has 0 bridgehead atoms. The van der Waals surface area contributed by atoms with Crippen LogP contribution in [-0.2, 0) is 0 Å². The van der Waals surface area contributed by atoms with Gasteiger partial charge in [0, 0.05) is 5.69 Å². The van der Waals surface area contributed by atoms with Crippen molar-refractivity contribution >= 4 is 0 Å². The van der Waals surface area contributed by atoms with Gasteiger partial charge in [-0.3, -0.25) is 4.68 Å². The van der Waals surface area contributed by atoms with Gasteiger partial charge in [-0.2, -0.15) is 10.4 Å². The summed E-state index contributed by atoms with van der Waals surface area (Å²) in [6, 6.07) is 2.77. The van der Waals surface area contributed by atoms with E-state index in [-0.39, 0.29) is 12.0 Å².